The van der Waals surface area contributed by atoms with Crippen LogP contribution < -0.4 is 10.6 Å². The van der Waals surface area contributed by atoms with E-state index in [9.17, 15) is 22.8 Å². The van der Waals surface area contributed by atoms with Crippen LogP contribution >= 0.6 is 0 Å². The third-order valence-electron chi connectivity index (χ3n) is 2.97. The molecule has 0 saturated carbocycles. The Hall–Kier alpha value is -2.83. The molecule has 0 saturated heterocycles. The summed E-state index contributed by atoms with van der Waals surface area (Å²) in [5.74, 6) is -2.70. The lowest BCUT2D eigenvalue weighted by Gasteiger charge is -2.12. The number of alkyl halides is 3. The summed E-state index contributed by atoms with van der Waals surface area (Å²) in [5, 5.41) is 4.30. The van der Waals surface area contributed by atoms with Crippen LogP contribution in [0.1, 0.15) is 15.9 Å². The van der Waals surface area contributed by atoms with Crippen molar-refractivity contribution in [3.05, 3.63) is 65.7 Å². The Morgan fingerprint density at radius 3 is 2.17 bits per heavy atom. The monoisotopic (exact) mass is 322 g/mol. The summed E-state index contributed by atoms with van der Waals surface area (Å²) in [6, 6.07) is 14.6. The molecule has 0 atom stereocenters. The van der Waals surface area contributed by atoms with Crippen molar-refractivity contribution in [2.75, 3.05) is 5.32 Å². The molecular formula is C16H13F3N2O2. The van der Waals surface area contributed by atoms with Crippen molar-refractivity contribution in [3.8, 4) is 0 Å². The van der Waals surface area contributed by atoms with Crippen molar-refractivity contribution in [1.82, 2.24) is 5.32 Å². The third-order valence-corrected chi connectivity index (χ3v) is 2.97. The molecule has 0 bridgehead atoms. The predicted molar refractivity (Wildman–Crippen MR) is 78.7 cm³/mol. The fourth-order valence-electron chi connectivity index (χ4n) is 1.86. The Morgan fingerprint density at radius 2 is 1.52 bits per heavy atom. The van der Waals surface area contributed by atoms with Crippen LogP contribution in [0.5, 0.6) is 0 Å². The van der Waals surface area contributed by atoms with Gasteiger partial charge >= 0.3 is 12.1 Å². The van der Waals surface area contributed by atoms with Gasteiger partial charge in [-0.3, -0.25) is 9.59 Å². The van der Waals surface area contributed by atoms with Gasteiger partial charge in [-0.05, 0) is 17.7 Å². The van der Waals surface area contributed by atoms with E-state index in [1.165, 1.54) is 24.3 Å². The van der Waals surface area contributed by atoms with Crippen LogP contribution in [-0.4, -0.2) is 18.0 Å². The standard InChI is InChI=1S/C16H13F3N2O2/c17-16(18,19)15(23)21-13-9-5-4-8-12(13)14(22)20-10-11-6-2-1-3-7-11/h1-9H,10H2,(H,20,22)(H,21,23). The highest BCUT2D eigenvalue weighted by molar-refractivity contribution is 6.04. The van der Waals surface area contributed by atoms with Crippen LogP contribution in [-0.2, 0) is 11.3 Å². The molecule has 0 spiro atoms. The van der Waals surface area contributed by atoms with E-state index in [-0.39, 0.29) is 17.8 Å². The first-order valence-electron chi connectivity index (χ1n) is 6.67. The van der Waals surface area contributed by atoms with E-state index < -0.39 is 18.0 Å². The number of halogens is 3. The minimum Gasteiger partial charge on any atom is -0.348 e. The van der Waals surface area contributed by atoms with Crippen LogP contribution in [0.2, 0.25) is 0 Å². The number of hydrogen-bond acceptors (Lipinski definition) is 2. The molecule has 0 aromatic heterocycles. The van der Waals surface area contributed by atoms with Gasteiger partial charge in [-0.25, -0.2) is 0 Å². The molecule has 4 nitrogen and oxygen atoms in total. The minimum absolute atomic E-state index is 0.0407. The predicted octanol–water partition coefficient (Wildman–Crippen LogP) is 3.12. The highest BCUT2D eigenvalue weighted by Gasteiger charge is 2.39. The molecule has 0 aliphatic heterocycles. The van der Waals surface area contributed by atoms with Crippen LogP contribution in [0.4, 0.5) is 18.9 Å². The first kappa shape index (κ1) is 16.5. The lowest BCUT2D eigenvalue weighted by Crippen LogP contribution is -2.31. The quantitative estimate of drug-likeness (QED) is 0.909. The Morgan fingerprint density at radius 1 is 0.913 bits per heavy atom. The van der Waals surface area contributed by atoms with Crippen LogP contribution in [0.25, 0.3) is 0 Å². The Bertz CT molecular complexity index is 700. The highest BCUT2D eigenvalue weighted by Crippen LogP contribution is 2.21. The lowest BCUT2D eigenvalue weighted by molar-refractivity contribution is -0.167. The molecule has 0 radical (unpaired) electrons. The number of amides is 2. The molecule has 2 rings (SSSR count). The van der Waals surface area contributed by atoms with E-state index in [0.717, 1.165) is 5.56 Å². The van der Waals surface area contributed by atoms with Crippen LogP contribution in [0.15, 0.2) is 54.6 Å². The average molecular weight is 322 g/mol. The number of anilines is 1. The second kappa shape index (κ2) is 6.95. The zero-order valence-electron chi connectivity index (χ0n) is 11.9. The summed E-state index contributed by atoms with van der Waals surface area (Å²) < 4.78 is 37.0. The molecule has 7 heteroatoms. The van der Waals surface area contributed by atoms with E-state index in [1.54, 1.807) is 29.6 Å². The van der Waals surface area contributed by atoms with Crippen LogP contribution in [0.3, 0.4) is 0 Å². The van der Waals surface area contributed by atoms with Crippen molar-refractivity contribution in [1.29, 1.82) is 0 Å². The maximum absolute atomic E-state index is 12.3. The van der Waals surface area contributed by atoms with Gasteiger partial charge in [0.05, 0.1) is 11.3 Å². The molecule has 2 aromatic carbocycles. The molecule has 0 aliphatic rings. The van der Waals surface area contributed by atoms with Crippen molar-refractivity contribution in [2.24, 2.45) is 0 Å². The van der Waals surface area contributed by atoms with E-state index in [0.29, 0.717) is 0 Å². The van der Waals surface area contributed by atoms with Gasteiger partial charge in [0.15, 0.2) is 0 Å². The molecule has 2 amide bonds. The van der Waals surface area contributed by atoms with E-state index in [2.05, 4.69) is 5.32 Å². The molecule has 2 aromatic rings. The Kier molecular flexibility index (Phi) is 5.00. The fraction of sp³-hybridized carbons (Fsp3) is 0.125. The van der Waals surface area contributed by atoms with Crippen molar-refractivity contribution >= 4 is 17.5 Å². The van der Waals surface area contributed by atoms with Gasteiger partial charge in [0.2, 0.25) is 0 Å². The van der Waals surface area contributed by atoms with Gasteiger partial charge in [-0.1, -0.05) is 42.5 Å². The number of benzene rings is 2. The normalized spacial score (nSPS) is 10.9. The maximum atomic E-state index is 12.3. The zero-order chi connectivity index (χ0) is 16.9. The number of hydrogen-bond donors (Lipinski definition) is 2. The molecule has 120 valence electrons. The van der Waals surface area contributed by atoms with Gasteiger partial charge < -0.3 is 10.6 Å². The summed E-state index contributed by atoms with van der Waals surface area (Å²) in [6.45, 7) is 0.223. The van der Waals surface area contributed by atoms with Gasteiger partial charge in [0.1, 0.15) is 0 Å². The fourth-order valence-corrected chi connectivity index (χ4v) is 1.86. The minimum atomic E-state index is -5.02. The first-order chi connectivity index (χ1) is 10.9. The van der Waals surface area contributed by atoms with Crippen LogP contribution in [0, 0.1) is 0 Å². The third kappa shape index (κ3) is 4.57. The molecule has 0 heterocycles. The zero-order valence-corrected chi connectivity index (χ0v) is 11.9. The smallest absolute Gasteiger partial charge is 0.348 e. The summed E-state index contributed by atoms with van der Waals surface area (Å²) in [4.78, 5) is 23.1. The average Bonchev–Trinajstić information content (AvgIpc) is 2.53. The highest BCUT2D eigenvalue weighted by atomic mass is 19.4. The molecule has 0 aliphatic carbocycles. The van der Waals surface area contributed by atoms with Gasteiger partial charge in [0.25, 0.3) is 5.91 Å². The summed E-state index contributed by atoms with van der Waals surface area (Å²) in [6.07, 6.45) is -5.02. The van der Waals surface area contributed by atoms with E-state index >= 15 is 0 Å². The largest absolute Gasteiger partial charge is 0.471 e. The second-order valence-electron chi connectivity index (χ2n) is 4.67. The topological polar surface area (TPSA) is 58.2 Å². The summed E-state index contributed by atoms with van der Waals surface area (Å²) in [5.41, 5.74) is 0.610. The molecule has 0 unspecified atom stereocenters. The summed E-state index contributed by atoms with van der Waals surface area (Å²) in [7, 11) is 0. The molecule has 2 N–H and O–H groups in total. The lowest BCUT2D eigenvalue weighted by atomic mass is 10.1. The number of carbonyl (C=O) groups is 2. The van der Waals surface area contributed by atoms with Gasteiger partial charge in [-0.15, -0.1) is 0 Å². The number of nitrogens with one attached hydrogen (secondary N) is 2. The van der Waals surface area contributed by atoms with Crippen molar-refractivity contribution in [3.63, 3.8) is 0 Å². The molecule has 0 fully saturated rings. The number of para-hydroxylation sites is 1. The van der Waals surface area contributed by atoms with Crippen molar-refractivity contribution < 1.29 is 22.8 Å². The van der Waals surface area contributed by atoms with Gasteiger partial charge in [0, 0.05) is 6.54 Å². The van der Waals surface area contributed by atoms with E-state index in [4.69, 9.17) is 0 Å². The molecule has 23 heavy (non-hydrogen) atoms. The number of rotatable bonds is 4. The van der Waals surface area contributed by atoms with Gasteiger partial charge in [-0.2, -0.15) is 13.2 Å². The molecular weight excluding hydrogens is 309 g/mol. The Balaban J connectivity index is 2.10. The number of carbonyl (C=O) groups excluding carboxylic acids is 2. The van der Waals surface area contributed by atoms with Crippen molar-refractivity contribution in [2.45, 2.75) is 12.7 Å². The maximum Gasteiger partial charge on any atom is 0.471 e. The summed E-state index contributed by atoms with van der Waals surface area (Å²) >= 11 is 0. The first-order valence-corrected chi connectivity index (χ1v) is 6.67. The SMILES string of the molecule is O=C(NCc1ccccc1)c1ccccc1NC(=O)C(F)(F)F. The Labute approximate surface area is 130 Å². The van der Waals surface area contributed by atoms with E-state index in [1.807, 2.05) is 6.07 Å². The second-order valence-corrected chi connectivity index (χ2v) is 4.67.